The largest absolute Gasteiger partial charge is 0.496 e. The first kappa shape index (κ1) is 21.2. The summed E-state index contributed by atoms with van der Waals surface area (Å²) in [7, 11) is 1.69. The Balaban J connectivity index is 1.83. The fourth-order valence-electron chi connectivity index (χ4n) is 3.89. The lowest BCUT2D eigenvalue weighted by atomic mass is 9.90. The Hall–Kier alpha value is -2.53. The minimum atomic E-state index is -0.518. The molecule has 2 aromatic rings. The molecule has 29 heavy (non-hydrogen) atoms. The second-order valence-electron chi connectivity index (χ2n) is 8.47. The summed E-state index contributed by atoms with van der Waals surface area (Å²) in [6.45, 7) is 7.10. The number of likely N-dealkylation sites (tertiary alicyclic amines) is 1. The van der Waals surface area contributed by atoms with Crippen LogP contribution in [0.15, 0.2) is 54.6 Å². The number of carbonyl (C=O) groups excluding carboxylic acids is 1. The molecule has 1 aliphatic heterocycles. The van der Waals surface area contributed by atoms with Crippen LogP contribution in [0.4, 0.5) is 4.79 Å². The lowest BCUT2D eigenvalue weighted by molar-refractivity contribution is 0.00380. The molecule has 5 heteroatoms. The highest BCUT2D eigenvalue weighted by Gasteiger charge is 2.37. The van der Waals surface area contributed by atoms with Gasteiger partial charge in [0.2, 0.25) is 0 Å². The normalized spacial score (nSPS) is 19.7. The lowest BCUT2D eigenvalue weighted by Crippen LogP contribution is -2.51. The molecule has 0 saturated carbocycles. The van der Waals surface area contributed by atoms with Crippen LogP contribution >= 0.6 is 0 Å². The maximum Gasteiger partial charge on any atom is 0.410 e. The van der Waals surface area contributed by atoms with Gasteiger partial charge in [0, 0.05) is 24.7 Å². The Morgan fingerprint density at radius 1 is 1.10 bits per heavy atom. The molecular weight excluding hydrogens is 364 g/mol. The van der Waals surface area contributed by atoms with Crippen LogP contribution in [-0.2, 0) is 11.3 Å². The van der Waals surface area contributed by atoms with Crippen molar-refractivity contribution in [2.24, 2.45) is 0 Å². The SMILES string of the molecule is COc1ccccc1CN[C@H]1CCCN(C(=O)OC(C)(C)C)[C@H]1c1ccccc1. The van der Waals surface area contributed by atoms with Gasteiger partial charge in [-0.3, -0.25) is 4.90 Å². The van der Waals surface area contributed by atoms with Crippen LogP contribution in [0.3, 0.4) is 0 Å². The molecule has 1 N–H and O–H groups in total. The molecule has 2 aromatic carbocycles. The van der Waals surface area contributed by atoms with E-state index in [1.807, 2.05) is 62.1 Å². The van der Waals surface area contributed by atoms with Gasteiger partial charge in [-0.1, -0.05) is 48.5 Å². The maximum atomic E-state index is 13.0. The van der Waals surface area contributed by atoms with Crippen molar-refractivity contribution in [3.8, 4) is 5.75 Å². The number of rotatable bonds is 5. The van der Waals surface area contributed by atoms with Crippen molar-refractivity contribution >= 4 is 6.09 Å². The number of hydrogen-bond acceptors (Lipinski definition) is 4. The second-order valence-corrected chi connectivity index (χ2v) is 8.47. The summed E-state index contributed by atoms with van der Waals surface area (Å²) in [4.78, 5) is 14.9. The number of benzene rings is 2. The van der Waals surface area contributed by atoms with Crippen LogP contribution in [-0.4, -0.2) is 36.3 Å². The van der Waals surface area contributed by atoms with E-state index < -0.39 is 5.60 Å². The minimum Gasteiger partial charge on any atom is -0.496 e. The quantitative estimate of drug-likeness (QED) is 0.779. The molecule has 0 aromatic heterocycles. The first-order chi connectivity index (χ1) is 13.9. The number of amides is 1. The molecule has 156 valence electrons. The zero-order valence-corrected chi connectivity index (χ0v) is 17.9. The van der Waals surface area contributed by atoms with E-state index in [2.05, 4.69) is 23.5 Å². The van der Waals surface area contributed by atoms with E-state index in [0.29, 0.717) is 13.1 Å². The topological polar surface area (TPSA) is 50.8 Å². The molecule has 1 aliphatic rings. The summed E-state index contributed by atoms with van der Waals surface area (Å²) >= 11 is 0. The molecule has 0 unspecified atom stereocenters. The maximum absolute atomic E-state index is 13.0. The van der Waals surface area contributed by atoms with Crippen molar-refractivity contribution in [3.63, 3.8) is 0 Å². The van der Waals surface area contributed by atoms with Crippen LogP contribution in [0.2, 0.25) is 0 Å². The fraction of sp³-hybridized carbons (Fsp3) is 0.458. The third kappa shape index (κ3) is 5.51. The average Bonchev–Trinajstić information content (AvgIpc) is 2.71. The van der Waals surface area contributed by atoms with Crippen molar-refractivity contribution in [1.29, 1.82) is 0 Å². The summed E-state index contributed by atoms with van der Waals surface area (Å²) < 4.78 is 11.2. The van der Waals surface area contributed by atoms with Crippen LogP contribution in [0.1, 0.15) is 50.8 Å². The third-order valence-corrected chi connectivity index (χ3v) is 5.15. The van der Waals surface area contributed by atoms with E-state index in [-0.39, 0.29) is 18.2 Å². The van der Waals surface area contributed by atoms with E-state index in [9.17, 15) is 4.79 Å². The molecule has 0 spiro atoms. The van der Waals surface area contributed by atoms with Gasteiger partial charge in [-0.05, 0) is 45.2 Å². The monoisotopic (exact) mass is 396 g/mol. The number of nitrogens with one attached hydrogen (secondary N) is 1. The standard InChI is InChI=1S/C24H32N2O3/c1-24(2,3)29-23(27)26-16-10-14-20(22(26)18-11-6-5-7-12-18)25-17-19-13-8-9-15-21(19)28-4/h5-9,11-13,15,20,22,25H,10,14,16-17H2,1-4H3/t20-,22-/m0/s1. The molecule has 3 rings (SSSR count). The number of para-hydroxylation sites is 1. The summed E-state index contributed by atoms with van der Waals surface area (Å²) in [6.07, 6.45) is 1.68. The Bertz CT molecular complexity index is 801. The highest BCUT2D eigenvalue weighted by molar-refractivity contribution is 5.69. The van der Waals surface area contributed by atoms with Gasteiger partial charge < -0.3 is 14.8 Å². The predicted molar refractivity (Wildman–Crippen MR) is 115 cm³/mol. The molecule has 0 bridgehead atoms. The first-order valence-electron chi connectivity index (χ1n) is 10.3. The van der Waals surface area contributed by atoms with Crippen LogP contribution < -0.4 is 10.1 Å². The van der Waals surface area contributed by atoms with Gasteiger partial charge in [-0.15, -0.1) is 0 Å². The summed E-state index contributed by atoms with van der Waals surface area (Å²) in [5.74, 6) is 0.871. The fourth-order valence-corrected chi connectivity index (χ4v) is 3.89. The van der Waals surface area contributed by atoms with Crippen molar-refractivity contribution in [1.82, 2.24) is 10.2 Å². The van der Waals surface area contributed by atoms with Gasteiger partial charge in [-0.25, -0.2) is 4.79 Å². The molecule has 1 fully saturated rings. The van der Waals surface area contributed by atoms with E-state index in [1.54, 1.807) is 7.11 Å². The Labute approximate surface area is 174 Å². The van der Waals surface area contributed by atoms with Gasteiger partial charge in [0.05, 0.1) is 13.2 Å². The average molecular weight is 397 g/mol. The van der Waals surface area contributed by atoms with E-state index >= 15 is 0 Å². The van der Waals surface area contributed by atoms with Crippen LogP contribution in [0, 0.1) is 0 Å². The Morgan fingerprint density at radius 2 is 1.79 bits per heavy atom. The number of hydrogen-bond donors (Lipinski definition) is 1. The molecule has 0 radical (unpaired) electrons. The second kappa shape index (κ2) is 9.31. The molecular formula is C24H32N2O3. The van der Waals surface area contributed by atoms with Gasteiger partial charge in [-0.2, -0.15) is 0 Å². The number of nitrogens with zero attached hydrogens (tertiary/aromatic N) is 1. The van der Waals surface area contributed by atoms with Crippen molar-refractivity contribution in [2.75, 3.05) is 13.7 Å². The smallest absolute Gasteiger partial charge is 0.410 e. The first-order valence-corrected chi connectivity index (χ1v) is 10.3. The van der Waals surface area contributed by atoms with Crippen LogP contribution in [0.25, 0.3) is 0 Å². The number of carbonyl (C=O) groups is 1. The molecule has 5 nitrogen and oxygen atoms in total. The molecule has 1 amide bonds. The molecule has 2 atom stereocenters. The zero-order valence-electron chi connectivity index (χ0n) is 17.9. The van der Waals surface area contributed by atoms with Gasteiger partial charge >= 0.3 is 6.09 Å². The molecule has 1 heterocycles. The summed E-state index contributed by atoms with van der Waals surface area (Å²) in [5, 5.41) is 3.68. The zero-order chi connectivity index (χ0) is 20.9. The summed E-state index contributed by atoms with van der Waals surface area (Å²) in [5.41, 5.74) is 1.71. The number of ether oxygens (including phenoxy) is 2. The van der Waals surface area contributed by atoms with E-state index in [1.165, 1.54) is 0 Å². The van der Waals surface area contributed by atoms with E-state index in [0.717, 1.165) is 29.7 Å². The number of piperidine rings is 1. The summed E-state index contributed by atoms with van der Waals surface area (Å²) in [6, 6.07) is 18.3. The molecule has 1 saturated heterocycles. The van der Waals surface area contributed by atoms with Gasteiger partial charge in [0.15, 0.2) is 0 Å². The molecule has 0 aliphatic carbocycles. The van der Waals surface area contributed by atoms with Gasteiger partial charge in [0.25, 0.3) is 0 Å². The van der Waals surface area contributed by atoms with E-state index in [4.69, 9.17) is 9.47 Å². The van der Waals surface area contributed by atoms with Crippen molar-refractivity contribution < 1.29 is 14.3 Å². The highest BCUT2D eigenvalue weighted by Crippen LogP contribution is 2.33. The van der Waals surface area contributed by atoms with Crippen molar-refractivity contribution in [3.05, 3.63) is 65.7 Å². The third-order valence-electron chi connectivity index (χ3n) is 5.15. The van der Waals surface area contributed by atoms with Crippen LogP contribution in [0.5, 0.6) is 5.75 Å². The number of methoxy groups -OCH3 is 1. The minimum absolute atomic E-state index is 0.0745. The Kier molecular flexibility index (Phi) is 6.80. The van der Waals surface area contributed by atoms with Gasteiger partial charge in [0.1, 0.15) is 11.4 Å². The lowest BCUT2D eigenvalue weighted by Gasteiger charge is -2.42. The Morgan fingerprint density at radius 3 is 2.48 bits per heavy atom. The van der Waals surface area contributed by atoms with Crippen molar-refractivity contribution in [2.45, 2.75) is 57.8 Å². The predicted octanol–water partition coefficient (Wildman–Crippen LogP) is 4.93. The highest BCUT2D eigenvalue weighted by atomic mass is 16.6.